The summed E-state index contributed by atoms with van der Waals surface area (Å²) < 4.78 is 7.02. The molecule has 2 heteroatoms. The Balaban J connectivity index is 2.17. The van der Waals surface area contributed by atoms with E-state index in [1.165, 1.54) is 9.14 Å². The SMILES string of the molecule is C=CC1=C(I)CC(c2ccccc2)O1. The van der Waals surface area contributed by atoms with Gasteiger partial charge in [0, 0.05) is 10.0 Å². The molecule has 0 bridgehead atoms. The van der Waals surface area contributed by atoms with Gasteiger partial charge in [0.05, 0.1) is 0 Å². The van der Waals surface area contributed by atoms with Crippen LogP contribution in [0.1, 0.15) is 18.1 Å². The smallest absolute Gasteiger partial charge is 0.129 e. The number of hydrogen-bond acceptors (Lipinski definition) is 1. The van der Waals surface area contributed by atoms with Gasteiger partial charge in [-0.1, -0.05) is 36.9 Å². The van der Waals surface area contributed by atoms with Crippen LogP contribution in [-0.4, -0.2) is 0 Å². The molecule has 1 aliphatic heterocycles. The van der Waals surface area contributed by atoms with Crippen molar-refractivity contribution < 1.29 is 4.74 Å². The highest BCUT2D eigenvalue weighted by atomic mass is 127. The van der Waals surface area contributed by atoms with Crippen molar-refractivity contribution in [1.82, 2.24) is 0 Å². The van der Waals surface area contributed by atoms with Gasteiger partial charge in [0.15, 0.2) is 0 Å². The second-order valence-corrected chi connectivity index (χ2v) is 4.50. The molecular weight excluding hydrogens is 287 g/mol. The highest BCUT2D eigenvalue weighted by molar-refractivity contribution is 14.1. The van der Waals surface area contributed by atoms with Crippen molar-refractivity contribution in [1.29, 1.82) is 0 Å². The van der Waals surface area contributed by atoms with Gasteiger partial charge in [0.1, 0.15) is 11.9 Å². The maximum absolute atomic E-state index is 5.76. The van der Waals surface area contributed by atoms with Gasteiger partial charge in [-0.2, -0.15) is 0 Å². The minimum absolute atomic E-state index is 0.177. The zero-order chi connectivity index (χ0) is 9.97. The predicted molar refractivity (Wildman–Crippen MR) is 66.1 cm³/mol. The lowest BCUT2D eigenvalue weighted by Gasteiger charge is -2.11. The Morgan fingerprint density at radius 1 is 1.36 bits per heavy atom. The molecule has 0 aromatic heterocycles. The van der Waals surface area contributed by atoms with E-state index in [9.17, 15) is 0 Å². The first kappa shape index (κ1) is 9.77. The zero-order valence-corrected chi connectivity index (χ0v) is 9.90. The minimum Gasteiger partial charge on any atom is -0.485 e. The molecule has 0 radical (unpaired) electrons. The van der Waals surface area contributed by atoms with Crippen LogP contribution >= 0.6 is 22.6 Å². The fourth-order valence-electron chi connectivity index (χ4n) is 1.53. The summed E-state index contributed by atoms with van der Waals surface area (Å²) in [4.78, 5) is 0. The maximum Gasteiger partial charge on any atom is 0.129 e. The normalized spacial score (nSPS) is 20.8. The van der Waals surface area contributed by atoms with E-state index in [2.05, 4.69) is 41.3 Å². The third-order valence-electron chi connectivity index (χ3n) is 2.26. The summed E-state index contributed by atoms with van der Waals surface area (Å²) in [7, 11) is 0. The third kappa shape index (κ3) is 1.85. The Morgan fingerprint density at radius 2 is 2.07 bits per heavy atom. The van der Waals surface area contributed by atoms with Crippen LogP contribution in [0.2, 0.25) is 0 Å². The van der Waals surface area contributed by atoms with E-state index < -0.39 is 0 Å². The van der Waals surface area contributed by atoms with Gasteiger partial charge >= 0.3 is 0 Å². The van der Waals surface area contributed by atoms with Crippen molar-refractivity contribution in [2.75, 3.05) is 0 Å². The van der Waals surface area contributed by atoms with Gasteiger partial charge in [0.25, 0.3) is 0 Å². The van der Waals surface area contributed by atoms with Crippen molar-refractivity contribution in [3.05, 3.63) is 57.9 Å². The Kier molecular flexibility index (Phi) is 2.91. The van der Waals surface area contributed by atoms with Crippen LogP contribution in [0.25, 0.3) is 0 Å². The average Bonchev–Trinajstić information content (AvgIpc) is 2.61. The average molecular weight is 298 g/mol. The number of ether oxygens (including phenoxy) is 1. The van der Waals surface area contributed by atoms with Crippen LogP contribution in [0.5, 0.6) is 0 Å². The molecule has 1 heterocycles. The molecule has 0 aliphatic carbocycles. The van der Waals surface area contributed by atoms with E-state index in [1.807, 2.05) is 18.2 Å². The van der Waals surface area contributed by atoms with Gasteiger partial charge in [0.2, 0.25) is 0 Å². The summed E-state index contributed by atoms with van der Waals surface area (Å²) >= 11 is 2.32. The molecule has 0 saturated heterocycles. The van der Waals surface area contributed by atoms with E-state index in [-0.39, 0.29) is 6.10 Å². The molecule has 1 nitrogen and oxygen atoms in total. The Bertz CT molecular complexity index is 367. The fraction of sp³-hybridized carbons (Fsp3) is 0.167. The Labute approximate surface area is 97.6 Å². The van der Waals surface area contributed by atoms with Crippen LogP contribution in [0.4, 0.5) is 0 Å². The van der Waals surface area contributed by atoms with Gasteiger partial charge < -0.3 is 4.74 Å². The van der Waals surface area contributed by atoms with Crippen LogP contribution in [0, 0.1) is 0 Å². The fourth-order valence-corrected chi connectivity index (χ4v) is 2.28. The van der Waals surface area contributed by atoms with E-state index >= 15 is 0 Å². The lowest BCUT2D eigenvalue weighted by molar-refractivity contribution is 0.154. The summed E-state index contributed by atoms with van der Waals surface area (Å²) in [5.41, 5.74) is 1.23. The van der Waals surface area contributed by atoms with Crippen molar-refractivity contribution >= 4 is 22.6 Å². The maximum atomic E-state index is 5.76. The zero-order valence-electron chi connectivity index (χ0n) is 7.74. The molecule has 72 valence electrons. The van der Waals surface area contributed by atoms with Crippen molar-refractivity contribution in [3.8, 4) is 0 Å². The minimum atomic E-state index is 0.177. The third-order valence-corrected chi connectivity index (χ3v) is 3.23. The first-order valence-electron chi connectivity index (χ1n) is 4.54. The summed E-state index contributed by atoms with van der Waals surface area (Å²) in [5.74, 6) is 0.930. The van der Waals surface area contributed by atoms with Crippen LogP contribution < -0.4 is 0 Å². The van der Waals surface area contributed by atoms with E-state index in [0.29, 0.717) is 0 Å². The van der Waals surface area contributed by atoms with Gasteiger partial charge in [-0.05, 0) is 34.2 Å². The molecule has 1 atom stereocenters. The van der Waals surface area contributed by atoms with Crippen LogP contribution in [0.3, 0.4) is 0 Å². The van der Waals surface area contributed by atoms with Gasteiger partial charge in [-0.15, -0.1) is 0 Å². The number of benzene rings is 1. The molecule has 1 aromatic carbocycles. The second kappa shape index (κ2) is 4.17. The lowest BCUT2D eigenvalue weighted by Crippen LogP contribution is -1.95. The molecule has 0 fully saturated rings. The highest BCUT2D eigenvalue weighted by Gasteiger charge is 2.23. The van der Waals surface area contributed by atoms with Crippen LogP contribution in [0.15, 0.2) is 52.3 Å². The van der Waals surface area contributed by atoms with Gasteiger partial charge in [-0.25, -0.2) is 0 Å². The second-order valence-electron chi connectivity index (χ2n) is 3.19. The van der Waals surface area contributed by atoms with E-state index in [0.717, 1.165) is 12.2 Å². The van der Waals surface area contributed by atoms with Crippen molar-refractivity contribution in [2.45, 2.75) is 12.5 Å². The van der Waals surface area contributed by atoms with E-state index in [4.69, 9.17) is 4.74 Å². The largest absolute Gasteiger partial charge is 0.485 e. The highest BCUT2D eigenvalue weighted by Crippen LogP contribution is 2.39. The summed E-state index contributed by atoms with van der Waals surface area (Å²) in [5, 5.41) is 0. The summed E-state index contributed by atoms with van der Waals surface area (Å²) in [6, 6.07) is 10.3. The molecular formula is C12H11IO. The lowest BCUT2D eigenvalue weighted by atomic mass is 10.1. The number of halogens is 1. The number of rotatable bonds is 2. The molecule has 0 spiro atoms. The molecule has 0 saturated carbocycles. The first-order valence-corrected chi connectivity index (χ1v) is 5.62. The first-order chi connectivity index (χ1) is 6.81. The molecule has 1 aliphatic rings. The van der Waals surface area contributed by atoms with Crippen LogP contribution in [-0.2, 0) is 4.74 Å². The van der Waals surface area contributed by atoms with Gasteiger partial charge in [-0.3, -0.25) is 0 Å². The molecule has 14 heavy (non-hydrogen) atoms. The molecule has 0 amide bonds. The quantitative estimate of drug-likeness (QED) is 0.750. The Hall–Kier alpha value is -0.770. The standard InChI is InChI=1S/C12H11IO/c1-2-11-10(13)8-12(14-11)9-6-4-3-5-7-9/h2-7,12H,1,8H2. The number of allylic oxidation sites excluding steroid dienone is 1. The molecule has 2 rings (SSSR count). The molecule has 1 aromatic rings. The summed E-state index contributed by atoms with van der Waals surface area (Å²) in [6.07, 6.45) is 2.92. The predicted octanol–water partition coefficient (Wildman–Crippen LogP) is 3.98. The molecule has 0 N–H and O–H groups in total. The topological polar surface area (TPSA) is 9.23 Å². The monoisotopic (exact) mass is 298 g/mol. The van der Waals surface area contributed by atoms with E-state index in [1.54, 1.807) is 6.08 Å². The van der Waals surface area contributed by atoms with Crippen molar-refractivity contribution in [2.24, 2.45) is 0 Å². The summed E-state index contributed by atoms with van der Waals surface area (Å²) in [6.45, 7) is 3.73. The van der Waals surface area contributed by atoms with Crippen molar-refractivity contribution in [3.63, 3.8) is 0 Å². The molecule has 1 unspecified atom stereocenters. The Morgan fingerprint density at radius 3 is 2.64 bits per heavy atom. The number of hydrogen-bond donors (Lipinski definition) is 0.